The quantitative estimate of drug-likeness (QED) is 0.789. The number of halogens is 2. The number of carbonyl (C=O) groups is 1. The lowest BCUT2D eigenvalue weighted by Gasteiger charge is -2.27. The summed E-state index contributed by atoms with van der Waals surface area (Å²) in [5.41, 5.74) is -0.179. The summed E-state index contributed by atoms with van der Waals surface area (Å²) in [5.74, 6) is -2.17. The van der Waals surface area contributed by atoms with Crippen molar-refractivity contribution in [1.82, 2.24) is 0 Å². The van der Waals surface area contributed by atoms with Crippen LogP contribution in [0.1, 0.15) is 27.2 Å². The fourth-order valence-corrected chi connectivity index (χ4v) is 4.29. The second kappa shape index (κ2) is 7.62. The van der Waals surface area contributed by atoms with Crippen molar-refractivity contribution in [3.8, 4) is 5.75 Å². The maximum atomic E-state index is 13.9. The summed E-state index contributed by atoms with van der Waals surface area (Å²) in [6, 6.07) is 7.21. The van der Waals surface area contributed by atoms with Gasteiger partial charge in [0.25, 0.3) is 10.0 Å². The van der Waals surface area contributed by atoms with Crippen molar-refractivity contribution in [2.75, 3.05) is 22.8 Å². The number of nitrogens with zero attached hydrogens (tertiary/aromatic N) is 1. The van der Waals surface area contributed by atoms with Gasteiger partial charge < -0.3 is 9.64 Å². The first-order valence-corrected chi connectivity index (χ1v) is 10.6. The van der Waals surface area contributed by atoms with Gasteiger partial charge in [0.2, 0.25) is 5.91 Å². The van der Waals surface area contributed by atoms with E-state index in [4.69, 9.17) is 4.74 Å². The first-order valence-electron chi connectivity index (χ1n) is 9.12. The Morgan fingerprint density at radius 2 is 1.83 bits per heavy atom. The summed E-state index contributed by atoms with van der Waals surface area (Å²) >= 11 is 0. The van der Waals surface area contributed by atoms with Gasteiger partial charge in [0.1, 0.15) is 24.0 Å². The lowest BCUT2D eigenvalue weighted by molar-refractivity contribution is -0.127. The standard InChI is InChI=1S/C20H22F2N2O4S/c1-4-10-24-16-9-8-13(11-17(16)28-12-20(2,3)19(24)25)23-29(26,27)18-14(21)6-5-7-15(18)22/h5-9,11,23H,4,10,12H2,1-3H3. The summed E-state index contributed by atoms with van der Waals surface area (Å²) in [4.78, 5) is 13.4. The molecule has 0 aliphatic carbocycles. The molecule has 6 nitrogen and oxygen atoms in total. The summed E-state index contributed by atoms with van der Waals surface area (Å²) in [5, 5.41) is 0. The summed E-state index contributed by atoms with van der Waals surface area (Å²) < 4.78 is 60.8. The van der Waals surface area contributed by atoms with Crippen LogP contribution in [0.25, 0.3) is 0 Å². The molecule has 0 bridgehead atoms. The topological polar surface area (TPSA) is 75.7 Å². The van der Waals surface area contributed by atoms with E-state index in [1.165, 1.54) is 12.1 Å². The SMILES string of the molecule is CCCN1C(=O)C(C)(C)COc2cc(NS(=O)(=O)c3c(F)cccc3F)ccc21. The molecule has 29 heavy (non-hydrogen) atoms. The van der Waals surface area contributed by atoms with E-state index in [1.807, 2.05) is 6.92 Å². The maximum absolute atomic E-state index is 13.9. The van der Waals surface area contributed by atoms with Crippen molar-refractivity contribution >= 4 is 27.3 Å². The minimum Gasteiger partial charge on any atom is -0.490 e. The molecular formula is C20H22F2N2O4S. The van der Waals surface area contributed by atoms with Crippen LogP contribution in [0.2, 0.25) is 0 Å². The predicted molar refractivity (Wildman–Crippen MR) is 106 cm³/mol. The van der Waals surface area contributed by atoms with Crippen LogP contribution < -0.4 is 14.4 Å². The molecule has 0 unspecified atom stereocenters. The number of carbonyl (C=O) groups excluding carboxylic acids is 1. The Hall–Kier alpha value is -2.68. The fraction of sp³-hybridized carbons (Fsp3) is 0.350. The Morgan fingerprint density at radius 1 is 1.17 bits per heavy atom. The molecule has 0 saturated heterocycles. The van der Waals surface area contributed by atoms with Gasteiger partial charge in [0.05, 0.1) is 16.8 Å². The van der Waals surface area contributed by atoms with Gasteiger partial charge in [-0.15, -0.1) is 0 Å². The number of hydrogen-bond acceptors (Lipinski definition) is 4. The molecule has 1 aliphatic rings. The molecule has 1 amide bonds. The van der Waals surface area contributed by atoms with E-state index in [9.17, 15) is 22.0 Å². The van der Waals surface area contributed by atoms with Crippen molar-refractivity contribution in [2.24, 2.45) is 5.41 Å². The van der Waals surface area contributed by atoms with Gasteiger partial charge in [-0.05, 0) is 44.5 Å². The monoisotopic (exact) mass is 424 g/mol. The number of hydrogen-bond donors (Lipinski definition) is 1. The molecule has 0 aromatic heterocycles. The van der Waals surface area contributed by atoms with Crippen LogP contribution in [0.4, 0.5) is 20.2 Å². The largest absolute Gasteiger partial charge is 0.490 e. The van der Waals surface area contributed by atoms with Crippen LogP contribution in [0, 0.1) is 17.0 Å². The Kier molecular flexibility index (Phi) is 5.53. The van der Waals surface area contributed by atoms with Gasteiger partial charge >= 0.3 is 0 Å². The fourth-order valence-electron chi connectivity index (χ4n) is 3.10. The van der Waals surface area contributed by atoms with E-state index in [2.05, 4.69) is 4.72 Å². The summed E-state index contributed by atoms with van der Waals surface area (Å²) in [6.07, 6.45) is 0.724. The molecule has 0 radical (unpaired) electrons. The minimum absolute atomic E-state index is 0.0648. The van der Waals surface area contributed by atoms with Crippen LogP contribution >= 0.6 is 0 Å². The molecule has 1 heterocycles. The van der Waals surface area contributed by atoms with E-state index in [-0.39, 0.29) is 18.2 Å². The average Bonchev–Trinajstić information content (AvgIpc) is 2.71. The molecule has 0 atom stereocenters. The lowest BCUT2D eigenvalue weighted by atomic mass is 9.93. The Balaban J connectivity index is 1.99. The van der Waals surface area contributed by atoms with Crippen molar-refractivity contribution in [3.05, 3.63) is 48.0 Å². The van der Waals surface area contributed by atoms with Crippen LogP contribution in [0.5, 0.6) is 5.75 Å². The molecule has 0 saturated carbocycles. The number of fused-ring (bicyclic) bond motifs is 1. The molecular weight excluding hydrogens is 402 g/mol. The Morgan fingerprint density at radius 3 is 2.45 bits per heavy atom. The van der Waals surface area contributed by atoms with E-state index in [1.54, 1.807) is 24.8 Å². The number of sulfonamides is 1. The number of anilines is 2. The number of nitrogens with one attached hydrogen (secondary N) is 1. The summed E-state index contributed by atoms with van der Waals surface area (Å²) in [7, 11) is -4.50. The highest BCUT2D eigenvalue weighted by Gasteiger charge is 2.37. The van der Waals surface area contributed by atoms with Gasteiger partial charge in [0.15, 0.2) is 4.90 Å². The Labute approximate surface area is 168 Å². The van der Waals surface area contributed by atoms with Gasteiger partial charge in [-0.2, -0.15) is 0 Å². The third-order valence-corrected chi connectivity index (χ3v) is 5.98. The van der Waals surface area contributed by atoms with E-state index in [0.29, 0.717) is 18.0 Å². The zero-order chi connectivity index (χ0) is 21.4. The number of rotatable bonds is 5. The molecule has 9 heteroatoms. The Bertz CT molecular complexity index is 1030. The average molecular weight is 424 g/mol. The van der Waals surface area contributed by atoms with Crippen molar-refractivity contribution in [1.29, 1.82) is 0 Å². The van der Waals surface area contributed by atoms with Crippen LogP contribution in [-0.4, -0.2) is 27.5 Å². The molecule has 156 valence electrons. The first kappa shape index (κ1) is 21.0. The third-order valence-electron chi connectivity index (χ3n) is 4.55. The van der Waals surface area contributed by atoms with Crippen LogP contribution in [0.15, 0.2) is 41.3 Å². The van der Waals surface area contributed by atoms with E-state index < -0.39 is 32.0 Å². The highest BCUT2D eigenvalue weighted by molar-refractivity contribution is 7.92. The van der Waals surface area contributed by atoms with Gasteiger partial charge in [0, 0.05) is 12.6 Å². The maximum Gasteiger partial charge on any atom is 0.267 e. The van der Waals surface area contributed by atoms with Gasteiger partial charge in [-0.1, -0.05) is 13.0 Å². The molecule has 3 rings (SSSR count). The zero-order valence-corrected chi connectivity index (χ0v) is 17.1. The molecule has 2 aromatic carbocycles. The predicted octanol–water partition coefficient (Wildman–Crippen LogP) is 3.93. The van der Waals surface area contributed by atoms with Crippen LogP contribution in [-0.2, 0) is 14.8 Å². The molecule has 2 aromatic rings. The molecule has 0 spiro atoms. The molecule has 1 N–H and O–H groups in total. The van der Waals surface area contributed by atoms with E-state index in [0.717, 1.165) is 24.6 Å². The van der Waals surface area contributed by atoms with Crippen molar-refractivity contribution < 1.29 is 26.7 Å². The second-order valence-corrected chi connectivity index (χ2v) is 9.09. The third kappa shape index (κ3) is 4.05. The highest BCUT2D eigenvalue weighted by Crippen LogP contribution is 2.38. The number of amides is 1. The lowest BCUT2D eigenvalue weighted by Crippen LogP contribution is -2.42. The highest BCUT2D eigenvalue weighted by atomic mass is 32.2. The normalized spacial score (nSPS) is 16.0. The van der Waals surface area contributed by atoms with Crippen molar-refractivity contribution in [3.63, 3.8) is 0 Å². The van der Waals surface area contributed by atoms with Gasteiger partial charge in [-0.3, -0.25) is 9.52 Å². The number of ether oxygens (including phenoxy) is 1. The number of benzene rings is 2. The smallest absolute Gasteiger partial charge is 0.267 e. The van der Waals surface area contributed by atoms with E-state index >= 15 is 0 Å². The van der Waals surface area contributed by atoms with Gasteiger partial charge in [-0.25, -0.2) is 17.2 Å². The summed E-state index contributed by atoms with van der Waals surface area (Å²) in [6.45, 7) is 6.07. The van der Waals surface area contributed by atoms with Crippen LogP contribution in [0.3, 0.4) is 0 Å². The zero-order valence-electron chi connectivity index (χ0n) is 16.3. The molecule has 1 aliphatic heterocycles. The minimum atomic E-state index is -4.50. The first-order chi connectivity index (χ1) is 13.6. The molecule has 0 fully saturated rings. The van der Waals surface area contributed by atoms with Crippen molar-refractivity contribution in [2.45, 2.75) is 32.1 Å². The second-order valence-electron chi connectivity index (χ2n) is 7.47.